The van der Waals surface area contributed by atoms with Gasteiger partial charge in [0.15, 0.2) is 0 Å². The average Bonchev–Trinajstić information content (AvgIpc) is 2.35. The first-order valence-corrected chi connectivity index (χ1v) is 6.65. The van der Waals surface area contributed by atoms with Crippen LogP contribution in [0.2, 0.25) is 5.02 Å². The maximum atomic E-state index is 6.08. The van der Waals surface area contributed by atoms with Crippen LogP contribution >= 0.6 is 11.6 Å². The number of rotatable bonds is 7. The van der Waals surface area contributed by atoms with E-state index in [1.165, 1.54) is 11.3 Å². The quantitative estimate of drug-likeness (QED) is 0.771. The molecule has 0 fully saturated rings. The monoisotopic (exact) mass is 270 g/mol. The Kier molecular flexibility index (Phi) is 6.47. The molecule has 0 saturated heterocycles. The standard InChI is InChI=1S/C14H23ClN2O/c1-11(2)17(3)14-9-13(15)6-5-12(14)10-16-7-8-18-4/h5-6,9,11,16H,7-8,10H2,1-4H3. The maximum Gasteiger partial charge on any atom is 0.0587 e. The summed E-state index contributed by atoms with van der Waals surface area (Å²) in [5, 5.41) is 4.14. The molecular formula is C14H23ClN2O. The SMILES string of the molecule is COCCNCc1ccc(Cl)cc1N(C)C(C)C. The van der Waals surface area contributed by atoms with E-state index in [9.17, 15) is 0 Å². The lowest BCUT2D eigenvalue weighted by Crippen LogP contribution is -2.28. The van der Waals surface area contributed by atoms with E-state index in [0.717, 1.165) is 24.7 Å². The van der Waals surface area contributed by atoms with Gasteiger partial charge in [0.2, 0.25) is 0 Å². The molecule has 102 valence electrons. The van der Waals surface area contributed by atoms with Gasteiger partial charge in [-0.25, -0.2) is 0 Å². The summed E-state index contributed by atoms with van der Waals surface area (Å²) in [4.78, 5) is 2.24. The lowest BCUT2D eigenvalue weighted by molar-refractivity contribution is 0.199. The zero-order valence-electron chi connectivity index (χ0n) is 11.7. The van der Waals surface area contributed by atoms with Gasteiger partial charge in [0, 0.05) is 44.0 Å². The molecule has 1 aromatic rings. The van der Waals surface area contributed by atoms with Crippen LogP contribution in [0.5, 0.6) is 0 Å². The number of hydrogen-bond donors (Lipinski definition) is 1. The Hall–Kier alpha value is -0.770. The Balaban J connectivity index is 2.76. The first-order chi connectivity index (χ1) is 8.56. The summed E-state index contributed by atoms with van der Waals surface area (Å²) in [6, 6.07) is 6.49. The predicted molar refractivity (Wildman–Crippen MR) is 78.6 cm³/mol. The van der Waals surface area contributed by atoms with Crippen molar-refractivity contribution in [2.75, 3.05) is 32.2 Å². The number of hydrogen-bond acceptors (Lipinski definition) is 3. The van der Waals surface area contributed by atoms with Crippen molar-refractivity contribution in [1.82, 2.24) is 5.32 Å². The van der Waals surface area contributed by atoms with Crippen LogP contribution in [0.25, 0.3) is 0 Å². The average molecular weight is 271 g/mol. The molecule has 0 aliphatic rings. The number of methoxy groups -OCH3 is 1. The summed E-state index contributed by atoms with van der Waals surface area (Å²) >= 11 is 6.08. The lowest BCUT2D eigenvalue weighted by Gasteiger charge is -2.26. The molecule has 1 aromatic carbocycles. The van der Waals surface area contributed by atoms with E-state index in [2.05, 4.69) is 37.2 Å². The van der Waals surface area contributed by atoms with Gasteiger partial charge in [-0.05, 0) is 31.5 Å². The number of ether oxygens (including phenoxy) is 1. The van der Waals surface area contributed by atoms with Crippen molar-refractivity contribution >= 4 is 17.3 Å². The third-order valence-electron chi connectivity index (χ3n) is 3.00. The van der Waals surface area contributed by atoms with Crippen LogP contribution in [-0.2, 0) is 11.3 Å². The van der Waals surface area contributed by atoms with Crippen molar-refractivity contribution in [2.24, 2.45) is 0 Å². The highest BCUT2D eigenvalue weighted by Crippen LogP contribution is 2.25. The zero-order chi connectivity index (χ0) is 13.5. The molecule has 4 heteroatoms. The van der Waals surface area contributed by atoms with Gasteiger partial charge in [0.25, 0.3) is 0 Å². The van der Waals surface area contributed by atoms with Gasteiger partial charge in [0.05, 0.1) is 6.61 Å². The molecule has 0 unspecified atom stereocenters. The molecule has 0 bridgehead atoms. The van der Waals surface area contributed by atoms with Crippen molar-refractivity contribution < 1.29 is 4.74 Å². The Morgan fingerprint density at radius 3 is 2.72 bits per heavy atom. The normalized spacial score (nSPS) is 11.0. The largest absolute Gasteiger partial charge is 0.383 e. The van der Waals surface area contributed by atoms with E-state index >= 15 is 0 Å². The smallest absolute Gasteiger partial charge is 0.0587 e. The van der Waals surface area contributed by atoms with E-state index in [1.807, 2.05) is 12.1 Å². The van der Waals surface area contributed by atoms with Crippen LogP contribution in [-0.4, -0.2) is 33.4 Å². The topological polar surface area (TPSA) is 24.5 Å². The number of benzene rings is 1. The molecule has 0 saturated carbocycles. The van der Waals surface area contributed by atoms with Crippen LogP contribution < -0.4 is 10.2 Å². The van der Waals surface area contributed by atoms with E-state index in [0.29, 0.717) is 6.04 Å². The van der Waals surface area contributed by atoms with Crippen LogP contribution in [0, 0.1) is 0 Å². The van der Waals surface area contributed by atoms with Crippen LogP contribution in [0.15, 0.2) is 18.2 Å². The van der Waals surface area contributed by atoms with Crippen LogP contribution in [0.4, 0.5) is 5.69 Å². The second-order valence-corrected chi connectivity index (χ2v) is 5.08. The van der Waals surface area contributed by atoms with Crippen molar-refractivity contribution in [3.05, 3.63) is 28.8 Å². The fourth-order valence-electron chi connectivity index (χ4n) is 1.69. The molecule has 18 heavy (non-hydrogen) atoms. The molecule has 0 radical (unpaired) electrons. The molecule has 0 atom stereocenters. The van der Waals surface area contributed by atoms with Crippen LogP contribution in [0.1, 0.15) is 19.4 Å². The van der Waals surface area contributed by atoms with Gasteiger partial charge in [-0.2, -0.15) is 0 Å². The van der Waals surface area contributed by atoms with E-state index in [1.54, 1.807) is 7.11 Å². The Bertz CT molecular complexity index is 369. The number of anilines is 1. The highest BCUT2D eigenvalue weighted by atomic mass is 35.5. The molecule has 0 spiro atoms. The van der Waals surface area contributed by atoms with Crippen molar-refractivity contribution in [2.45, 2.75) is 26.4 Å². The zero-order valence-corrected chi connectivity index (χ0v) is 12.4. The minimum Gasteiger partial charge on any atom is -0.383 e. The second kappa shape index (κ2) is 7.62. The van der Waals surface area contributed by atoms with E-state index in [-0.39, 0.29) is 0 Å². The van der Waals surface area contributed by atoms with Gasteiger partial charge < -0.3 is 15.0 Å². The highest BCUT2D eigenvalue weighted by Gasteiger charge is 2.10. The molecule has 3 nitrogen and oxygen atoms in total. The lowest BCUT2D eigenvalue weighted by atomic mass is 10.1. The third-order valence-corrected chi connectivity index (χ3v) is 3.24. The molecule has 0 aromatic heterocycles. The second-order valence-electron chi connectivity index (χ2n) is 4.65. The number of halogens is 1. The summed E-state index contributed by atoms with van der Waals surface area (Å²) in [5.74, 6) is 0. The summed E-state index contributed by atoms with van der Waals surface area (Å²) < 4.78 is 5.02. The minimum atomic E-state index is 0.446. The first kappa shape index (κ1) is 15.3. The summed E-state index contributed by atoms with van der Waals surface area (Å²) in [6.07, 6.45) is 0. The maximum absolute atomic E-state index is 6.08. The van der Waals surface area contributed by atoms with Crippen molar-refractivity contribution in [1.29, 1.82) is 0 Å². The molecule has 0 amide bonds. The van der Waals surface area contributed by atoms with Crippen LogP contribution in [0.3, 0.4) is 0 Å². The van der Waals surface area contributed by atoms with Crippen molar-refractivity contribution in [3.63, 3.8) is 0 Å². The molecule has 1 rings (SSSR count). The van der Waals surface area contributed by atoms with Gasteiger partial charge in [-0.15, -0.1) is 0 Å². The van der Waals surface area contributed by atoms with Gasteiger partial charge >= 0.3 is 0 Å². The van der Waals surface area contributed by atoms with E-state index < -0.39 is 0 Å². The van der Waals surface area contributed by atoms with Gasteiger partial charge in [-0.3, -0.25) is 0 Å². The molecule has 0 aliphatic heterocycles. The van der Waals surface area contributed by atoms with E-state index in [4.69, 9.17) is 16.3 Å². The molecular weight excluding hydrogens is 248 g/mol. The highest BCUT2D eigenvalue weighted by molar-refractivity contribution is 6.30. The summed E-state index contributed by atoms with van der Waals surface area (Å²) in [6.45, 7) is 6.74. The Labute approximate surface area is 115 Å². The first-order valence-electron chi connectivity index (χ1n) is 6.27. The fraction of sp³-hybridized carbons (Fsp3) is 0.571. The summed E-state index contributed by atoms with van der Waals surface area (Å²) in [5.41, 5.74) is 2.44. The summed E-state index contributed by atoms with van der Waals surface area (Å²) in [7, 11) is 3.80. The van der Waals surface area contributed by atoms with Crippen molar-refractivity contribution in [3.8, 4) is 0 Å². The predicted octanol–water partition coefficient (Wildman–Crippen LogP) is 2.92. The fourth-order valence-corrected chi connectivity index (χ4v) is 1.86. The molecule has 1 N–H and O–H groups in total. The Morgan fingerprint density at radius 2 is 2.11 bits per heavy atom. The minimum absolute atomic E-state index is 0.446. The molecule has 0 aliphatic carbocycles. The molecule has 0 heterocycles. The number of nitrogens with one attached hydrogen (secondary N) is 1. The van der Waals surface area contributed by atoms with Gasteiger partial charge in [-0.1, -0.05) is 17.7 Å². The third kappa shape index (κ3) is 4.48. The van der Waals surface area contributed by atoms with Gasteiger partial charge in [0.1, 0.15) is 0 Å². The number of nitrogens with zero attached hydrogens (tertiary/aromatic N) is 1. The Morgan fingerprint density at radius 1 is 1.39 bits per heavy atom.